The molecule has 0 bridgehead atoms. The second-order valence-electron chi connectivity index (χ2n) is 9.99. The summed E-state index contributed by atoms with van der Waals surface area (Å²) >= 11 is 0. The summed E-state index contributed by atoms with van der Waals surface area (Å²) in [5, 5.41) is 0. The zero-order chi connectivity index (χ0) is 32.0. The van der Waals surface area contributed by atoms with Gasteiger partial charge in [0.25, 0.3) is 0 Å². The Morgan fingerprint density at radius 2 is 0.932 bits per heavy atom. The topological polar surface area (TPSA) is 107 Å². The molecule has 44 heavy (non-hydrogen) atoms. The summed E-state index contributed by atoms with van der Waals surface area (Å²) in [6.45, 7) is 10.0. The molecule has 0 spiro atoms. The first-order valence-corrected chi connectivity index (χ1v) is 16.9. The van der Waals surface area contributed by atoms with Crippen LogP contribution in [0.3, 0.4) is 0 Å². The number of unbranched alkanes of at least 4 members (excludes halogenated alkanes) is 1. The first-order valence-electron chi connectivity index (χ1n) is 15.0. The molecule has 0 N–H and O–H groups in total. The zero-order valence-corrected chi connectivity index (χ0v) is 27.1. The molecular weight excluding hydrogens is 580 g/mol. The van der Waals surface area contributed by atoms with Gasteiger partial charge in [-0.05, 0) is 86.7 Å². The monoisotopic (exact) mass is 622 g/mol. The first kappa shape index (κ1) is 34.7. The van der Waals surface area contributed by atoms with Crippen LogP contribution in [0, 0.1) is 0 Å². The highest BCUT2D eigenvalue weighted by molar-refractivity contribution is 6.60. The second kappa shape index (κ2) is 17.5. The van der Waals surface area contributed by atoms with Crippen LogP contribution in [0.5, 0.6) is 17.2 Å². The average molecular weight is 623 g/mol. The van der Waals surface area contributed by atoms with Crippen LogP contribution in [0.25, 0.3) is 0 Å². The third kappa shape index (κ3) is 10.7. The highest BCUT2D eigenvalue weighted by Crippen LogP contribution is 2.35. The Balaban J connectivity index is 1.70. The lowest BCUT2D eigenvalue weighted by Gasteiger charge is -2.28. The Morgan fingerprint density at radius 1 is 0.568 bits per heavy atom. The highest BCUT2D eigenvalue weighted by Gasteiger charge is 2.39. The number of hydrogen-bond donors (Lipinski definition) is 0. The van der Waals surface area contributed by atoms with Gasteiger partial charge in [0.05, 0.1) is 0 Å². The van der Waals surface area contributed by atoms with E-state index in [1.54, 1.807) is 36.4 Å². The molecule has 0 aromatic heterocycles. The Kier molecular flexibility index (Phi) is 13.8. The van der Waals surface area contributed by atoms with Crippen molar-refractivity contribution in [3.05, 3.63) is 89.5 Å². The number of benzene rings is 3. The van der Waals surface area contributed by atoms with E-state index >= 15 is 0 Å². The number of esters is 3. The van der Waals surface area contributed by atoms with Crippen molar-refractivity contribution in [2.24, 2.45) is 0 Å². The highest BCUT2D eigenvalue weighted by atomic mass is 28.4. The zero-order valence-electron chi connectivity index (χ0n) is 26.1. The maximum atomic E-state index is 12.6. The van der Waals surface area contributed by atoms with Crippen LogP contribution >= 0.6 is 0 Å². The summed E-state index contributed by atoms with van der Waals surface area (Å²) in [6, 6.07) is 22.6. The summed E-state index contributed by atoms with van der Waals surface area (Å²) in [5.74, 6) is 0.0720. The third-order valence-corrected chi connectivity index (χ3v) is 9.75. The fourth-order valence-electron chi connectivity index (χ4n) is 4.89. The molecule has 9 nitrogen and oxygen atoms in total. The molecule has 236 valence electrons. The van der Waals surface area contributed by atoms with Gasteiger partial charge in [-0.25, -0.2) is 0 Å². The summed E-state index contributed by atoms with van der Waals surface area (Å²) in [6.07, 6.45) is 1.63. The van der Waals surface area contributed by atoms with Crippen LogP contribution < -0.4 is 14.2 Å². The van der Waals surface area contributed by atoms with E-state index in [4.69, 9.17) is 27.5 Å². The van der Waals surface area contributed by atoms with Gasteiger partial charge in [-0.15, -0.1) is 0 Å². The maximum absolute atomic E-state index is 12.6. The molecule has 0 amide bonds. The van der Waals surface area contributed by atoms with Gasteiger partial charge < -0.3 is 27.5 Å². The lowest BCUT2D eigenvalue weighted by Crippen LogP contribution is -2.45. The fraction of sp³-hybridized carbons (Fsp3) is 0.382. The molecule has 0 heterocycles. The summed E-state index contributed by atoms with van der Waals surface area (Å²) in [4.78, 5) is 35.4. The van der Waals surface area contributed by atoms with Gasteiger partial charge in [-0.2, -0.15) is 0 Å². The Hall–Kier alpha value is -3.83. The van der Waals surface area contributed by atoms with E-state index in [1.807, 2.05) is 57.2 Å². The molecule has 3 rings (SSSR count). The Bertz CT molecular complexity index is 1260. The summed E-state index contributed by atoms with van der Waals surface area (Å²) < 4.78 is 33.7. The normalized spacial score (nSPS) is 11.3. The largest absolute Gasteiger partial charge is 0.500 e. The van der Waals surface area contributed by atoms with Crippen molar-refractivity contribution in [1.29, 1.82) is 0 Å². The van der Waals surface area contributed by atoms with Crippen molar-refractivity contribution in [3.63, 3.8) is 0 Å². The number of rotatable bonds is 17. The fourth-order valence-corrected chi connectivity index (χ4v) is 7.57. The second-order valence-corrected chi connectivity index (χ2v) is 12.7. The van der Waals surface area contributed by atoms with Gasteiger partial charge in [0.2, 0.25) is 0 Å². The van der Waals surface area contributed by atoms with Gasteiger partial charge in [0, 0.05) is 52.1 Å². The molecule has 0 unspecified atom stereocenters. The van der Waals surface area contributed by atoms with Crippen LogP contribution in [0.4, 0.5) is 0 Å². The standard InChI is InChI=1S/C34H42O9Si/c1-6-38-44(39-7-2,40-8-3)24-10-9-11-33(37)43-32-22-16-29(17-23-32)34(27-12-18-30(19-13-27)41-25(4)35)28-14-20-31(21-15-28)42-26(5)36/h12-23,34H,6-11,24H2,1-5H3. The van der Waals surface area contributed by atoms with E-state index < -0.39 is 20.7 Å². The smallest absolute Gasteiger partial charge is 0.427 e. The number of carbonyl (C=O) groups excluding carboxylic acids is 3. The third-order valence-electron chi connectivity index (χ3n) is 6.60. The molecular formula is C34H42O9Si. The van der Waals surface area contributed by atoms with Crippen molar-refractivity contribution < 1.29 is 41.9 Å². The lowest BCUT2D eigenvalue weighted by molar-refractivity contribution is -0.135. The molecule has 0 aliphatic carbocycles. The molecule has 0 atom stereocenters. The lowest BCUT2D eigenvalue weighted by atomic mass is 9.85. The minimum absolute atomic E-state index is 0.192. The van der Waals surface area contributed by atoms with Crippen molar-refractivity contribution in [3.8, 4) is 17.2 Å². The van der Waals surface area contributed by atoms with Crippen LogP contribution in [0.15, 0.2) is 72.8 Å². The van der Waals surface area contributed by atoms with Gasteiger partial charge in [0.15, 0.2) is 0 Å². The van der Waals surface area contributed by atoms with Gasteiger partial charge >= 0.3 is 26.7 Å². The molecule has 0 aliphatic rings. The van der Waals surface area contributed by atoms with Gasteiger partial charge in [0.1, 0.15) is 17.2 Å². The van der Waals surface area contributed by atoms with Crippen molar-refractivity contribution in [2.45, 2.75) is 65.8 Å². The minimum atomic E-state index is -2.73. The molecule has 3 aromatic rings. The van der Waals surface area contributed by atoms with Crippen LogP contribution in [0.2, 0.25) is 6.04 Å². The van der Waals surface area contributed by atoms with Crippen LogP contribution in [0.1, 0.15) is 76.5 Å². The number of carbonyl (C=O) groups is 3. The Labute approximate surface area is 260 Å². The Morgan fingerprint density at radius 3 is 1.27 bits per heavy atom. The molecule has 0 saturated carbocycles. The van der Waals surface area contributed by atoms with Crippen LogP contribution in [-0.4, -0.2) is 46.5 Å². The van der Waals surface area contributed by atoms with E-state index in [0.717, 1.165) is 23.1 Å². The average Bonchev–Trinajstić information content (AvgIpc) is 2.98. The predicted octanol–water partition coefficient (Wildman–Crippen LogP) is 6.84. The molecule has 0 aliphatic heterocycles. The van der Waals surface area contributed by atoms with Crippen LogP contribution in [-0.2, 0) is 27.7 Å². The molecule has 10 heteroatoms. The summed E-state index contributed by atoms with van der Waals surface area (Å²) in [7, 11) is -2.73. The SMILES string of the molecule is CCO[Si](CCCCC(=O)Oc1ccc(C(c2ccc(OC(C)=O)cc2)c2ccc(OC(C)=O)cc2)cc1)(OCC)OCC. The first-order chi connectivity index (χ1) is 21.2. The van der Waals surface area contributed by atoms with Gasteiger partial charge in [-0.3, -0.25) is 14.4 Å². The summed E-state index contributed by atoms with van der Waals surface area (Å²) in [5.41, 5.74) is 2.86. The predicted molar refractivity (Wildman–Crippen MR) is 168 cm³/mol. The van der Waals surface area contributed by atoms with E-state index in [0.29, 0.717) is 49.5 Å². The molecule has 0 saturated heterocycles. The minimum Gasteiger partial charge on any atom is -0.427 e. The van der Waals surface area contributed by atoms with Crippen molar-refractivity contribution >= 4 is 26.7 Å². The number of hydrogen-bond acceptors (Lipinski definition) is 9. The van der Waals surface area contributed by atoms with E-state index in [-0.39, 0.29) is 18.3 Å². The van der Waals surface area contributed by atoms with E-state index in [9.17, 15) is 14.4 Å². The maximum Gasteiger partial charge on any atom is 0.500 e. The van der Waals surface area contributed by atoms with Gasteiger partial charge in [-0.1, -0.05) is 36.4 Å². The molecule has 0 fully saturated rings. The number of ether oxygens (including phenoxy) is 3. The van der Waals surface area contributed by atoms with Crippen molar-refractivity contribution in [2.75, 3.05) is 19.8 Å². The molecule has 0 radical (unpaired) electrons. The molecule has 3 aromatic carbocycles. The quantitative estimate of drug-likeness (QED) is 0.0526. The van der Waals surface area contributed by atoms with E-state index in [1.165, 1.54) is 13.8 Å². The van der Waals surface area contributed by atoms with Crippen molar-refractivity contribution in [1.82, 2.24) is 0 Å². The van der Waals surface area contributed by atoms with E-state index in [2.05, 4.69) is 0 Å².